The predicted molar refractivity (Wildman–Crippen MR) is 63.8 cm³/mol. The normalized spacial score (nSPS) is 10.5. The van der Waals surface area contributed by atoms with E-state index in [1.54, 1.807) is 12.1 Å². The van der Waals surface area contributed by atoms with E-state index in [4.69, 9.17) is 5.11 Å². The van der Waals surface area contributed by atoms with Crippen molar-refractivity contribution >= 4 is 17.3 Å². The molecule has 0 aliphatic carbocycles. The van der Waals surface area contributed by atoms with Gasteiger partial charge in [-0.3, -0.25) is 0 Å². The molecule has 0 aliphatic rings. The van der Waals surface area contributed by atoms with Crippen LogP contribution in [0.5, 0.6) is 0 Å². The van der Waals surface area contributed by atoms with Gasteiger partial charge in [-0.05, 0) is 24.1 Å². The molecule has 3 nitrogen and oxygen atoms in total. The van der Waals surface area contributed by atoms with Gasteiger partial charge in [-0.2, -0.15) is 0 Å². The van der Waals surface area contributed by atoms with Crippen LogP contribution in [-0.4, -0.2) is 16.1 Å². The van der Waals surface area contributed by atoms with Gasteiger partial charge in [-0.1, -0.05) is 19.1 Å². The number of nitrogens with zero attached hydrogens (tertiary/aromatic N) is 1. The number of thiazole rings is 1. The average Bonchev–Trinajstić information content (AvgIpc) is 2.74. The highest BCUT2D eigenvalue weighted by Crippen LogP contribution is 2.30. The topological polar surface area (TPSA) is 50.2 Å². The molecule has 17 heavy (non-hydrogen) atoms. The summed E-state index contributed by atoms with van der Waals surface area (Å²) in [4.78, 5) is 15.7. The lowest BCUT2D eigenvalue weighted by Crippen LogP contribution is -1.99. The molecule has 0 amide bonds. The van der Waals surface area contributed by atoms with Gasteiger partial charge < -0.3 is 5.11 Å². The lowest BCUT2D eigenvalue weighted by Gasteiger charge is -1.98. The molecule has 0 radical (unpaired) electrons. The molecular weight excluding hydrogens is 241 g/mol. The number of carboxylic acid groups (broad SMARTS) is 1. The molecule has 0 fully saturated rings. The highest BCUT2D eigenvalue weighted by atomic mass is 32.1. The summed E-state index contributed by atoms with van der Waals surface area (Å²) in [6.07, 6.45) is 0.687. The Hall–Kier alpha value is -1.75. The Labute approximate surface area is 102 Å². The number of benzene rings is 1. The minimum absolute atomic E-state index is 0.0402. The summed E-state index contributed by atoms with van der Waals surface area (Å²) in [5, 5.41) is 9.83. The van der Waals surface area contributed by atoms with Crippen LogP contribution in [-0.2, 0) is 6.42 Å². The van der Waals surface area contributed by atoms with Gasteiger partial charge in [0.25, 0.3) is 0 Å². The van der Waals surface area contributed by atoms with E-state index in [1.165, 1.54) is 23.5 Å². The van der Waals surface area contributed by atoms with Crippen LogP contribution in [0.4, 0.5) is 4.39 Å². The third-order valence-corrected chi connectivity index (χ3v) is 3.53. The molecule has 0 aliphatic heterocycles. The van der Waals surface area contributed by atoms with Crippen molar-refractivity contribution < 1.29 is 14.3 Å². The van der Waals surface area contributed by atoms with Gasteiger partial charge in [-0.25, -0.2) is 14.2 Å². The number of hydrogen-bond donors (Lipinski definition) is 1. The van der Waals surface area contributed by atoms with Gasteiger partial charge in [0.15, 0.2) is 5.69 Å². The SMILES string of the molecule is CCc1nc(C(=O)O)c(-c2ccc(F)cc2)s1. The fraction of sp³-hybridized carbons (Fsp3) is 0.167. The molecule has 1 heterocycles. The van der Waals surface area contributed by atoms with Crippen molar-refractivity contribution in [1.29, 1.82) is 0 Å². The van der Waals surface area contributed by atoms with Crippen LogP contribution in [0.25, 0.3) is 10.4 Å². The number of hydrogen-bond acceptors (Lipinski definition) is 3. The van der Waals surface area contributed by atoms with Crippen LogP contribution in [0.3, 0.4) is 0 Å². The monoisotopic (exact) mass is 251 g/mol. The molecule has 0 spiro atoms. The molecule has 0 saturated heterocycles. The van der Waals surface area contributed by atoms with Crippen molar-refractivity contribution in [2.24, 2.45) is 0 Å². The summed E-state index contributed by atoms with van der Waals surface area (Å²) in [6, 6.07) is 5.75. The van der Waals surface area contributed by atoms with Crippen molar-refractivity contribution in [2.45, 2.75) is 13.3 Å². The van der Waals surface area contributed by atoms with E-state index >= 15 is 0 Å². The van der Waals surface area contributed by atoms with Gasteiger partial charge in [0.1, 0.15) is 5.82 Å². The minimum Gasteiger partial charge on any atom is -0.476 e. The Kier molecular flexibility index (Phi) is 3.19. The minimum atomic E-state index is -1.06. The fourth-order valence-corrected chi connectivity index (χ4v) is 2.46. The van der Waals surface area contributed by atoms with E-state index < -0.39 is 5.97 Å². The molecule has 88 valence electrons. The number of aryl methyl sites for hydroxylation is 1. The van der Waals surface area contributed by atoms with Crippen LogP contribution in [0.2, 0.25) is 0 Å². The van der Waals surface area contributed by atoms with Gasteiger partial charge >= 0.3 is 5.97 Å². The van der Waals surface area contributed by atoms with Crippen LogP contribution in [0, 0.1) is 5.82 Å². The maximum atomic E-state index is 12.8. The summed E-state index contributed by atoms with van der Waals surface area (Å²) in [6.45, 7) is 1.92. The van der Waals surface area contributed by atoms with E-state index in [2.05, 4.69) is 4.98 Å². The predicted octanol–water partition coefficient (Wildman–Crippen LogP) is 3.21. The summed E-state index contributed by atoms with van der Waals surface area (Å²) in [7, 11) is 0. The first-order valence-corrected chi connectivity index (χ1v) is 5.92. The van der Waals surface area contributed by atoms with Gasteiger partial charge in [0, 0.05) is 0 Å². The molecule has 0 bridgehead atoms. The second-order valence-electron chi connectivity index (χ2n) is 3.45. The van der Waals surface area contributed by atoms with Crippen LogP contribution in [0.1, 0.15) is 22.4 Å². The Morgan fingerprint density at radius 1 is 1.41 bits per heavy atom. The Bertz CT molecular complexity index is 548. The molecule has 1 aromatic heterocycles. The molecule has 0 saturated carbocycles. The quantitative estimate of drug-likeness (QED) is 0.911. The van der Waals surface area contributed by atoms with Gasteiger partial charge in [-0.15, -0.1) is 11.3 Å². The molecule has 0 atom stereocenters. The van der Waals surface area contributed by atoms with Crippen molar-refractivity contribution in [3.8, 4) is 10.4 Å². The first-order valence-electron chi connectivity index (χ1n) is 5.10. The van der Waals surface area contributed by atoms with Crippen molar-refractivity contribution in [3.05, 3.63) is 40.8 Å². The lowest BCUT2D eigenvalue weighted by molar-refractivity contribution is 0.0692. The average molecular weight is 251 g/mol. The lowest BCUT2D eigenvalue weighted by atomic mass is 10.1. The van der Waals surface area contributed by atoms with Crippen molar-refractivity contribution in [2.75, 3.05) is 0 Å². The summed E-state index contributed by atoms with van der Waals surface area (Å²) >= 11 is 1.33. The second-order valence-corrected chi connectivity index (χ2v) is 4.53. The van der Waals surface area contributed by atoms with Gasteiger partial charge in [0.05, 0.1) is 9.88 Å². The molecule has 5 heteroatoms. The summed E-state index contributed by atoms with van der Waals surface area (Å²) in [5.41, 5.74) is 0.722. The number of carbonyl (C=O) groups is 1. The maximum Gasteiger partial charge on any atom is 0.356 e. The van der Waals surface area contributed by atoms with E-state index in [-0.39, 0.29) is 11.5 Å². The number of aromatic nitrogens is 1. The smallest absolute Gasteiger partial charge is 0.356 e. The molecule has 2 aromatic rings. The number of halogens is 1. The number of rotatable bonds is 3. The van der Waals surface area contributed by atoms with E-state index in [0.29, 0.717) is 16.9 Å². The maximum absolute atomic E-state index is 12.8. The first-order chi connectivity index (χ1) is 8.11. The molecular formula is C12H10FNO2S. The fourth-order valence-electron chi connectivity index (χ4n) is 1.46. The standard InChI is InChI=1S/C12H10FNO2S/c1-2-9-14-10(12(15)16)11(17-9)7-3-5-8(13)6-4-7/h3-6H,2H2,1H3,(H,15,16). The molecule has 0 unspecified atom stereocenters. The van der Waals surface area contributed by atoms with E-state index in [1.807, 2.05) is 6.92 Å². The zero-order valence-electron chi connectivity index (χ0n) is 9.11. The summed E-state index contributed by atoms with van der Waals surface area (Å²) < 4.78 is 12.8. The second kappa shape index (κ2) is 4.63. The van der Waals surface area contributed by atoms with Crippen LogP contribution < -0.4 is 0 Å². The van der Waals surface area contributed by atoms with Crippen molar-refractivity contribution in [1.82, 2.24) is 4.98 Å². The Morgan fingerprint density at radius 2 is 2.06 bits per heavy atom. The largest absolute Gasteiger partial charge is 0.476 e. The highest BCUT2D eigenvalue weighted by molar-refractivity contribution is 7.15. The molecule has 1 aromatic carbocycles. The Morgan fingerprint density at radius 3 is 2.59 bits per heavy atom. The zero-order valence-corrected chi connectivity index (χ0v) is 9.92. The number of carboxylic acids is 1. The van der Waals surface area contributed by atoms with E-state index in [0.717, 1.165) is 5.01 Å². The third-order valence-electron chi connectivity index (χ3n) is 2.28. The van der Waals surface area contributed by atoms with E-state index in [9.17, 15) is 9.18 Å². The first kappa shape index (κ1) is 11.7. The molecule has 2 rings (SSSR count). The highest BCUT2D eigenvalue weighted by Gasteiger charge is 2.17. The number of aromatic carboxylic acids is 1. The summed E-state index contributed by atoms with van der Waals surface area (Å²) in [5.74, 6) is -1.40. The van der Waals surface area contributed by atoms with Crippen LogP contribution in [0.15, 0.2) is 24.3 Å². The van der Waals surface area contributed by atoms with Gasteiger partial charge in [0.2, 0.25) is 0 Å². The zero-order chi connectivity index (χ0) is 12.4. The Balaban J connectivity index is 2.53. The van der Waals surface area contributed by atoms with Crippen LogP contribution >= 0.6 is 11.3 Å². The van der Waals surface area contributed by atoms with Crippen molar-refractivity contribution in [3.63, 3.8) is 0 Å². The third kappa shape index (κ3) is 2.34. The molecule has 1 N–H and O–H groups in total.